The Kier molecular flexibility index (Phi) is 7.26. The molecule has 24 heavy (non-hydrogen) atoms. The Hall–Kier alpha value is -1.87. The highest BCUT2D eigenvalue weighted by Crippen LogP contribution is 2.20. The molecule has 0 radical (unpaired) electrons. The lowest BCUT2D eigenvalue weighted by atomic mass is 9.98. The van der Waals surface area contributed by atoms with Crippen molar-refractivity contribution in [2.75, 3.05) is 6.54 Å². The molecule has 2 N–H and O–H groups in total. The van der Waals surface area contributed by atoms with E-state index < -0.39 is 0 Å². The Labute approximate surface area is 151 Å². The molecule has 0 amide bonds. The third-order valence-corrected chi connectivity index (χ3v) is 4.52. The number of hydrogen-bond acceptors (Lipinski definition) is 1. The van der Waals surface area contributed by atoms with Crippen molar-refractivity contribution in [1.29, 1.82) is 0 Å². The summed E-state index contributed by atoms with van der Waals surface area (Å²) < 4.78 is 0. The molecule has 0 aromatic heterocycles. The first-order valence-electron chi connectivity index (χ1n) is 8.78. The third kappa shape index (κ3) is 5.64. The second kappa shape index (κ2) is 9.43. The van der Waals surface area contributed by atoms with Crippen molar-refractivity contribution >= 4 is 17.3 Å². The van der Waals surface area contributed by atoms with Gasteiger partial charge in [0.1, 0.15) is 0 Å². The Morgan fingerprint density at radius 1 is 0.958 bits per heavy atom. The topological polar surface area (TPSA) is 24.1 Å². The van der Waals surface area contributed by atoms with E-state index in [2.05, 4.69) is 79.9 Å². The fourth-order valence-corrected chi connectivity index (χ4v) is 2.95. The van der Waals surface area contributed by atoms with Gasteiger partial charge in [0, 0.05) is 6.54 Å². The summed E-state index contributed by atoms with van der Waals surface area (Å²) in [7, 11) is 0. The van der Waals surface area contributed by atoms with E-state index in [0.717, 1.165) is 24.5 Å². The Morgan fingerprint density at radius 3 is 2.17 bits per heavy atom. The summed E-state index contributed by atoms with van der Waals surface area (Å²) in [5.74, 6) is 0.563. The van der Waals surface area contributed by atoms with Crippen LogP contribution in [-0.4, -0.2) is 11.7 Å². The van der Waals surface area contributed by atoms with E-state index in [1.54, 1.807) is 0 Å². The number of thiocarbonyl (C=S) groups is 1. The van der Waals surface area contributed by atoms with Crippen molar-refractivity contribution in [3.8, 4) is 0 Å². The highest BCUT2D eigenvalue weighted by Gasteiger charge is 2.11. The Bertz CT molecular complexity index is 620. The quantitative estimate of drug-likeness (QED) is 0.696. The van der Waals surface area contributed by atoms with E-state index in [0.29, 0.717) is 5.92 Å². The number of benzene rings is 2. The summed E-state index contributed by atoms with van der Waals surface area (Å²) in [4.78, 5) is 0. The van der Waals surface area contributed by atoms with E-state index in [1.165, 1.54) is 16.7 Å². The predicted molar refractivity (Wildman–Crippen MR) is 107 cm³/mol. The normalized spacial score (nSPS) is 12.0. The van der Waals surface area contributed by atoms with Gasteiger partial charge in [-0.1, -0.05) is 75.4 Å². The maximum atomic E-state index is 5.46. The zero-order valence-corrected chi connectivity index (χ0v) is 15.7. The van der Waals surface area contributed by atoms with Gasteiger partial charge in [0.15, 0.2) is 5.11 Å². The average Bonchev–Trinajstić information content (AvgIpc) is 2.60. The molecule has 0 aliphatic rings. The van der Waals surface area contributed by atoms with Crippen LogP contribution in [0.5, 0.6) is 0 Å². The van der Waals surface area contributed by atoms with Gasteiger partial charge < -0.3 is 10.6 Å². The minimum atomic E-state index is 0.253. The SMILES string of the molecule is CCC(NC(=S)NCCc1ccccc1)c1ccc(C(C)C)cc1. The molecule has 1 atom stereocenters. The van der Waals surface area contributed by atoms with Crippen LogP contribution in [-0.2, 0) is 6.42 Å². The van der Waals surface area contributed by atoms with Crippen LogP contribution in [0.1, 0.15) is 55.8 Å². The molecule has 1 unspecified atom stereocenters. The fourth-order valence-electron chi connectivity index (χ4n) is 2.71. The number of hydrogen-bond donors (Lipinski definition) is 2. The largest absolute Gasteiger partial charge is 0.362 e. The molecule has 2 aromatic carbocycles. The molecular formula is C21H28N2S. The van der Waals surface area contributed by atoms with E-state index in [1.807, 2.05) is 6.07 Å². The van der Waals surface area contributed by atoms with Gasteiger partial charge in [-0.3, -0.25) is 0 Å². The number of nitrogens with one attached hydrogen (secondary N) is 2. The average molecular weight is 341 g/mol. The lowest BCUT2D eigenvalue weighted by Gasteiger charge is -2.20. The Balaban J connectivity index is 1.84. The molecule has 2 aromatic rings. The van der Waals surface area contributed by atoms with Crippen molar-refractivity contribution in [3.05, 3.63) is 71.3 Å². The molecule has 128 valence electrons. The van der Waals surface area contributed by atoms with Crippen LogP contribution in [0.25, 0.3) is 0 Å². The smallest absolute Gasteiger partial charge is 0.166 e. The van der Waals surface area contributed by atoms with Gasteiger partial charge in [0.25, 0.3) is 0 Å². The molecule has 0 spiro atoms. The highest BCUT2D eigenvalue weighted by atomic mass is 32.1. The molecule has 0 aliphatic carbocycles. The van der Waals surface area contributed by atoms with Crippen LogP contribution in [0.3, 0.4) is 0 Å². The van der Waals surface area contributed by atoms with Gasteiger partial charge >= 0.3 is 0 Å². The molecule has 0 saturated carbocycles. The van der Waals surface area contributed by atoms with Crippen molar-refractivity contribution in [2.24, 2.45) is 0 Å². The molecule has 0 fully saturated rings. The minimum absolute atomic E-state index is 0.253. The maximum Gasteiger partial charge on any atom is 0.166 e. The first-order chi connectivity index (χ1) is 11.6. The third-order valence-electron chi connectivity index (χ3n) is 4.26. The molecule has 0 saturated heterocycles. The first-order valence-corrected chi connectivity index (χ1v) is 9.19. The molecular weight excluding hydrogens is 312 g/mol. The lowest BCUT2D eigenvalue weighted by molar-refractivity contribution is 0.615. The van der Waals surface area contributed by atoms with Gasteiger partial charge in [-0.25, -0.2) is 0 Å². The Morgan fingerprint density at radius 2 is 1.58 bits per heavy atom. The minimum Gasteiger partial charge on any atom is -0.362 e. The van der Waals surface area contributed by atoms with Crippen LogP contribution in [0.15, 0.2) is 54.6 Å². The van der Waals surface area contributed by atoms with E-state index in [9.17, 15) is 0 Å². The van der Waals surface area contributed by atoms with Crippen LogP contribution in [0.4, 0.5) is 0 Å². The highest BCUT2D eigenvalue weighted by molar-refractivity contribution is 7.80. The molecule has 2 rings (SSSR count). The van der Waals surface area contributed by atoms with Crippen LogP contribution < -0.4 is 10.6 Å². The van der Waals surface area contributed by atoms with Crippen molar-refractivity contribution in [2.45, 2.75) is 45.6 Å². The van der Waals surface area contributed by atoms with E-state index >= 15 is 0 Å². The van der Waals surface area contributed by atoms with Gasteiger partial charge in [0.05, 0.1) is 6.04 Å². The summed E-state index contributed by atoms with van der Waals surface area (Å²) in [5, 5.41) is 7.48. The second-order valence-electron chi connectivity index (χ2n) is 6.42. The molecule has 0 heterocycles. The van der Waals surface area contributed by atoms with E-state index in [-0.39, 0.29) is 6.04 Å². The second-order valence-corrected chi connectivity index (χ2v) is 6.83. The van der Waals surface area contributed by atoms with Crippen LogP contribution in [0, 0.1) is 0 Å². The first kappa shape index (κ1) is 18.5. The molecule has 0 aliphatic heterocycles. The summed E-state index contributed by atoms with van der Waals surface area (Å²) in [6.45, 7) is 7.46. The lowest BCUT2D eigenvalue weighted by Crippen LogP contribution is -2.38. The maximum absolute atomic E-state index is 5.46. The van der Waals surface area contributed by atoms with Crippen molar-refractivity contribution < 1.29 is 0 Å². The van der Waals surface area contributed by atoms with Gasteiger partial charge in [-0.15, -0.1) is 0 Å². The summed E-state index contributed by atoms with van der Waals surface area (Å²) in [6.07, 6.45) is 1.98. The predicted octanol–water partition coefficient (Wildman–Crippen LogP) is 4.97. The van der Waals surface area contributed by atoms with Crippen LogP contribution in [0.2, 0.25) is 0 Å². The summed E-state index contributed by atoms with van der Waals surface area (Å²) in [6, 6.07) is 19.6. The monoisotopic (exact) mass is 340 g/mol. The van der Waals surface area contributed by atoms with Crippen LogP contribution >= 0.6 is 12.2 Å². The van der Waals surface area contributed by atoms with E-state index in [4.69, 9.17) is 12.2 Å². The molecule has 0 bridgehead atoms. The van der Waals surface area contributed by atoms with Crippen molar-refractivity contribution in [1.82, 2.24) is 10.6 Å². The van der Waals surface area contributed by atoms with Gasteiger partial charge in [-0.2, -0.15) is 0 Å². The zero-order valence-electron chi connectivity index (χ0n) is 14.9. The zero-order chi connectivity index (χ0) is 17.4. The molecule has 3 heteroatoms. The van der Waals surface area contributed by atoms with Gasteiger partial charge in [0.2, 0.25) is 0 Å². The summed E-state index contributed by atoms with van der Waals surface area (Å²) >= 11 is 5.46. The summed E-state index contributed by atoms with van der Waals surface area (Å²) in [5.41, 5.74) is 3.98. The van der Waals surface area contributed by atoms with Crippen molar-refractivity contribution in [3.63, 3.8) is 0 Å². The fraction of sp³-hybridized carbons (Fsp3) is 0.381. The molecule has 2 nitrogen and oxygen atoms in total. The van der Waals surface area contributed by atoms with Gasteiger partial charge in [-0.05, 0) is 47.7 Å². The standard InChI is InChI=1S/C21H28N2S/c1-4-20(19-12-10-18(11-13-19)16(2)3)23-21(24)22-15-14-17-8-6-5-7-9-17/h5-13,16,20H,4,14-15H2,1-3H3,(H2,22,23,24). The number of rotatable bonds is 7.